The van der Waals surface area contributed by atoms with Gasteiger partial charge in [-0.25, -0.2) is 4.98 Å². The molecule has 0 saturated heterocycles. The smallest absolute Gasteiger partial charge is 0.389 e. The molecule has 0 aliphatic rings. The Morgan fingerprint density at radius 1 is 1.38 bits per heavy atom. The van der Waals surface area contributed by atoms with E-state index in [1.54, 1.807) is 6.07 Å². The third kappa shape index (κ3) is 4.64. The van der Waals surface area contributed by atoms with Crippen LogP contribution in [-0.4, -0.2) is 17.8 Å². The van der Waals surface area contributed by atoms with E-state index in [9.17, 15) is 13.2 Å². The molecule has 6 heteroatoms. The highest BCUT2D eigenvalue weighted by molar-refractivity contribution is 5.24. The maximum absolute atomic E-state index is 11.8. The number of pyridine rings is 1. The standard InChI is InChI=1S/C10H9F3N2O/c11-10(12,13)5-2-6-16-9-4-1-3-8(7-14)15-9/h1,3-4H,2,5-6H2. The molecule has 0 saturated carbocycles. The van der Waals surface area contributed by atoms with Crippen molar-refractivity contribution in [2.45, 2.75) is 19.0 Å². The van der Waals surface area contributed by atoms with Crippen LogP contribution in [-0.2, 0) is 0 Å². The summed E-state index contributed by atoms with van der Waals surface area (Å²) in [5, 5.41) is 8.52. The van der Waals surface area contributed by atoms with Gasteiger partial charge in [0.1, 0.15) is 11.8 Å². The van der Waals surface area contributed by atoms with E-state index < -0.39 is 12.6 Å². The van der Waals surface area contributed by atoms with Crippen LogP contribution in [0.25, 0.3) is 0 Å². The van der Waals surface area contributed by atoms with E-state index in [0.717, 1.165) is 0 Å². The highest BCUT2D eigenvalue weighted by Gasteiger charge is 2.26. The number of hydrogen-bond donors (Lipinski definition) is 0. The Balaban J connectivity index is 2.35. The van der Waals surface area contributed by atoms with Crippen molar-refractivity contribution >= 4 is 0 Å². The lowest BCUT2D eigenvalue weighted by atomic mass is 10.3. The minimum atomic E-state index is -4.16. The molecule has 0 aliphatic carbocycles. The van der Waals surface area contributed by atoms with E-state index in [0.29, 0.717) is 0 Å². The summed E-state index contributed by atoms with van der Waals surface area (Å²) in [5.74, 6) is 0.168. The number of alkyl halides is 3. The molecular weight excluding hydrogens is 221 g/mol. The molecule has 86 valence electrons. The van der Waals surface area contributed by atoms with Gasteiger partial charge in [-0.2, -0.15) is 18.4 Å². The molecule has 16 heavy (non-hydrogen) atoms. The van der Waals surface area contributed by atoms with E-state index >= 15 is 0 Å². The minimum absolute atomic E-state index is 0.0681. The lowest BCUT2D eigenvalue weighted by molar-refractivity contribution is -0.136. The first-order valence-corrected chi connectivity index (χ1v) is 4.58. The number of ether oxygens (including phenoxy) is 1. The molecule has 1 aromatic heterocycles. The van der Waals surface area contributed by atoms with Crippen LogP contribution in [0.5, 0.6) is 5.88 Å². The Morgan fingerprint density at radius 2 is 2.12 bits per heavy atom. The second-order valence-corrected chi connectivity index (χ2v) is 3.04. The Kier molecular flexibility index (Phi) is 4.11. The topological polar surface area (TPSA) is 45.9 Å². The minimum Gasteiger partial charge on any atom is -0.478 e. The zero-order valence-corrected chi connectivity index (χ0v) is 8.29. The molecule has 0 bridgehead atoms. The molecule has 0 amide bonds. The van der Waals surface area contributed by atoms with Crippen LogP contribution in [0.4, 0.5) is 13.2 Å². The van der Waals surface area contributed by atoms with Gasteiger partial charge in [0.25, 0.3) is 0 Å². The highest BCUT2D eigenvalue weighted by Crippen LogP contribution is 2.21. The maximum atomic E-state index is 11.8. The van der Waals surface area contributed by atoms with E-state index in [4.69, 9.17) is 10.00 Å². The quantitative estimate of drug-likeness (QED) is 0.747. The van der Waals surface area contributed by atoms with Gasteiger partial charge >= 0.3 is 6.18 Å². The molecule has 0 N–H and O–H groups in total. The molecule has 0 spiro atoms. The highest BCUT2D eigenvalue weighted by atomic mass is 19.4. The van der Waals surface area contributed by atoms with Gasteiger partial charge in [0.2, 0.25) is 5.88 Å². The predicted molar refractivity (Wildman–Crippen MR) is 49.7 cm³/mol. The molecule has 1 heterocycles. The van der Waals surface area contributed by atoms with Crippen molar-refractivity contribution in [1.82, 2.24) is 4.98 Å². The van der Waals surface area contributed by atoms with Crippen LogP contribution in [0.3, 0.4) is 0 Å². The molecule has 0 atom stereocenters. The monoisotopic (exact) mass is 230 g/mol. The van der Waals surface area contributed by atoms with Crippen LogP contribution in [0.2, 0.25) is 0 Å². The van der Waals surface area contributed by atoms with Crippen molar-refractivity contribution in [2.75, 3.05) is 6.61 Å². The van der Waals surface area contributed by atoms with Crippen molar-refractivity contribution in [2.24, 2.45) is 0 Å². The van der Waals surface area contributed by atoms with Gasteiger partial charge in [-0.3, -0.25) is 0 Å². The van der Waals surface area contributed by atoms with Crippen molar-refractivity contribution in [3.8, 4) is 11.9 Å². The van der Waals surface area contributed by atoms with Gasteiger partial charge in [0, 0.05) is 12.5 Å². The van der Waals surface area contributed by atoms with Gasteiger partial charge in [-0.15, -0.1) is 0 Å². The summed E-state index contributed by atoms with van der Waals surface area (Å²) in [6.07, 6.45) is -5.17. The molecule has 0 aromatic carbocycles. The van der Waals surface area contributed by atoms with Crippen molar-refractivity contribution in [3.05, 3.63) is 23.9 Å². The van der Waals surface area contributed by atoms with Crippen LogP contribution in [0.15, 0.2) is 18.2 Å². The Labute approximate surface area is 90.5 Å². The normalized spacial score (nSPS) is 10.9. The Hall–Kier alpha value is -1.77. The number of halogens is 3. The zero-order valence-electron chi connectivity index (χ0n) is 8.29. The van der Waals surface area contributed by atoms with Crippen molar-refractivity contribution < 1.29 is 17.9 Å². The number of nitrogens with zero attached hydrogens (tertiary/aromatic N) is 2. The molecule has 0 fully saturated rings. The van der Waals surface area contributed by atoms with E-state index in [2.05, 4.69) is 4.98 Å². The summed E-state index contributed by atoms with van der Waals surface area (Å²) < 4.78 is 40.3. The largest absolute Gasteiger partial charge is 0.478 e. The fourth-order valence-corrected chi connectivity index (χ4v) is 1.01. The zero-order chi connectivity index (χ0) is 12.0. The van der Waals surface area contributed by atoms with E-state index in [1.807, 2.05) is 6.07 Å². The first-order chi connectivity index (χ1) is 7.51. The van der Waals surface area contributed by atoms with Gasteiger partial charge < -0.3 is 4.74 Å². The Morgan fingerprint density at radius 3 is 2.75 bits per heavy atom. The average Bonchev–Trinajstić information content (AvgIpc) is 2.23. The van der Waals surface area contributed by atoms with Crippen LogP contribution < -0.4 is 4.74 Å². The molecular formula is C10H9F3N2O. The van der Waals surface area contributed by atoms with Gasteiger partial charge in [0.15, 0.2) is 0 Å². The van der Waals surface area contributed by atoms with Crippen LogP contribution in [0.1, 0.15) is 18.5 Å². The SMILES string of the molecule is N#Cc1cccc(OCCCC(F)(F)F)n1. The summed E-state index contributed by atoms with van der Waals surface area (Å²) in [5.41, 5.74) is 0.174. The second-order valence-electron chi connectivity index (χ2n) is 3.04. The predicted octanol–water partition coefficient (Wildman–Crippen LogP) is 2.67. The maximum Gasteiger partial charge on any atom is 0.389 e. The molecule has 1 aromatic rings. The molecule has 0 radical (unpaired) electrons. The van der Waals surface area contributed by atoms with Gasteiger partial charge in [-0.05, 0) is 12.5 Å². The first kappa shape index (κ1) is 12.3. The first-order valence-electron chi connectivity index (χ1n) is 4.58. The number of nitriles is 1. The third-order valence-corrected chi connectivity index (χ3v) is 1.69. The summed E-state index contributed by atoms with van der Waals surface area (Å²) in [4.78, 5) is 3.76. The summed E-state index contributed by atoms with van der Waals surface area (Å²) in [6.45, 7) is -0.0681. The lowest BCUT2D eigenvalue weighted by Crippen LogP contribution is -2.10. The third-order valence-electron chi connectivity index (χ3n) is 1.69. The molecule has 1 rings (SSSR count). The summed E-state index contributed by atoms with van der Waals surface area (Å²) in [7, 11) is 0. The number of hydrogen-bond acceptors (Lipinski definition) is 3. The second kappa shape index (κ2) is 5.35. The van der Waals surface area contributed by atoms with Crippen molar-refractivity contribution in [1.29, 1.82) is 5.26 Å². The average molecular weight is 230 g/mol. The molecule has 0 aliphatic heterocycles. The molecule has 3 nitrogen and oxygen atoms in total. The fraction of sp³-hybridized carbons (Fsp3) is 0.400. The summed E-state index contributed by atoms with van der Waals surface area (Å²) in [6, 6.07) is 6.35. The van der Waals surface area contributed by atoms with E-state index in [1.165, 1.54) is 12.1 Å². The van der Waals surface area contributed by atoms with Gasteiger partial charge in [0.05, 0.1) is 6.61 Å². The van der Waals surface area contributed by atoms with Crippen molar-refractivity contribution in [3.63, 3.8) is 0 Å². The fourth-order valence-electron chi connectivity index (χ4n) is 1.01. The van der Waals surface area contributed by atoms with Crippen LogP contribution in [0, 0.1) is 11.3 Å². The lowest BCUT2D eigenvalue weighted by Gasteiger charge is -2.07. The van der Waals surface area contributed by atoms with Gasteiger partial charge in [-0.1, -0.05) is 6.07 Å². The Bertz CT molecular complexity index is 384. The number of rotatable bonds is 4. The summed E-state index contributed by atoms with van der Waals surface area (Å²) >= 11 is 0. The van der Waals surface area contributed by atoms with E-state index in [-0.39, 0.29) is 24.6 Å². The number of aromatic nitrogens is 1. The van der Waals surface area contributed by atoms with Crippen LogP contribution >= 0.6 is 0 Å². The molecule has 0 unspecified atom stereocenters.